The van der Waals surface area contributed by atoms with E-state index in [1.54, 1.807) is 17.2 Å². The summed E-state index contributed by atoms with van der Waals surface area (Å²) in [4.78, 5) is 21.0. The van der Waals surface area contributed by atoms with Gasteiger partial charge in [-0.2, -0.15) is 4.98 Å². The fourth-order valence-electron chi connectivity index (χ4n) is 1.30. The Morgan fingerprint density at radius 1 is 1.59 bits per heavy atom. The Kier molecular flexibility index (Phi) is 4.68. The SMILES string of the molecule is CCC(CNc1ccnc(N(C)C)n1)C(=O)O. The smallest absolute Gasteiger partial charge is 0.308 e. The molecule has 6 nitrogen and oxygen atoms in total. The molecule has 1 heterocycles. The maximum atomic E-state index is 10.8. The van der Waals surface area contributed by atoms with Gasteiger partial charge in [-0.3, -0.25) is 4.79 Å². The van der Waals surface area contributed by atoms with Gasteiger partial charge < -0.3 is 15.3 Å². The van der Waals surface area contributed by atoms with Crippen molar-refractivity contribution in [2.75, 3.05) is 30.9 Å². The van der Waals surface area contributed by atoms with Crippen molar-refractivity contribution in [3.8, 4) is 0 Å². The average molecular weight is 238 g/mol. The zero-order valence-corrected chi connectivity index (χ0v) is 10.3. The summed E-state index contributed by atoms with van der Waals surface area (Å²) in [5, 5.41) is 11.9. The number of hydrogen-bond donors (Lipinski definition) is 2. The van der Waals surface area contributed by atoms with Gasteiger partial charge in [-0.05, 0) is 12.5 Å². The van der Waals surface area contributed by atoms with Crippen molar-refractivity contribution in [1.29, 1.82) is 0 Å². The third kappa shape index (κ3) is 3.90. The van der Waals surface area contributed by atoms with Crippen LogP contribution in [0.1, 0.15) is 13.3 Å². The van der Waals surface area contributed by atoms with Gasteiger partial charge in [0, 0.05) is 26.8 Å². The number of rotatable bonds is 6. The first kappa shape index (κ1) is 13.2. The Morgan fingerprint density at radius 3 is 2.82 bits per heavy atom. The minimum Gasteiger partial charge on any atom is -0.481 e. The predicted molar refractivity (Wildman–Crippen MR) is 66.3 cm³/mol. The number of carbonyl (C=O) groups is 1. The highest BCUT2D eigenvalue weighted by Gasteiger charge is 2.14. The van der Waals surface area contributed by atoms with E-state index >= 15 is 0 Å². The molecule has 0 aliphatic carbocycles. The molecule has 6 heteroatoms. The van der Waals surface area contributed by atoms with Crippen LogP contribution in [0.5, 0.6) is 0 Å². The summed E-state index contributed by atoms with van der Waals surface area (Å²) in [6, 6.07) is 1.72. The van der Waals surface area contributed by atoms with Crippen LogP contribution in [-0.2, 0) is 4.79 Å². The molecule has 0 spiro atoms. The number of hydrogen-bond acceptors (Lipinski definition) is 5. The first-order valence-electron chi connectivity index (χ1n) is 5.51. The summed E-state index contributed by atoms with van der Waals surface area (Å²) in [5.41, 5.74) is 0. The van der Waals surface area contributed by atoms with Gasteiger partial charge in [0.2, 0.25) is 5.95 Å². The molecular formula is C11H18N4O2. The fourth-order valence-corrected chi connectivity index (χ4v) is 1.30. The van der Waals surface area contributed by atoms with Crippen LogP contribution in [0.2, 0.25) is 0 Å². The van der Waals surface area contributed by atoms with E-state index in [0.717, 1.165) is 0 Å². The zero-order chi connectivity index (χ0) is 12.8. The van der Waals surface area contributed by atoms with E-state index in [1.165, 1.54) is 0 Å². The molecule has 0 aliphatic heterocycles. The van der Waals surface area contributed by atoms with Gasteiger partial charge in [0.25, 0.3) is 0 Å². The minimum absolute atomic E-state index is 0.371. The Labute approximate surface area is 101 Å². The third-order valence-electron chi connectivity index (χ3n) is 2.41. The molecule has 0 aliphatic rings. The minimum atomic E-state index is -0.790. The average Bonchev–Trinajstić information content (AvgIpc) is 2.29. The van der Waals surface area contributed by atoms with Crippen molar-refractivity contribution in [3.63, 3.8) is 0 Å². The van der Waals surface area contributed by atoms with Gasteiger partial charge in [-0.15, -0.1) is 0 Å². The van der Waals surface area contributed by atoms with E-state index in [2.05, 4.69) is 15.3 Å². The van der Waals surface area contributed by atoms with Crippen LogP contribution in [0.3, 0.4) is 0 Å². The lowest BCUT2D eigenvalue weighted by Crippen LogP contribution is -2.23. The highest BCUT2D eigenvalue weighted by Crippen LogP contribution is 2.10. The van der Waals surface area contributed by atoms with Crippen molar-refractivity contribution >= 4 is 17.7 Å². The zero-order valence-electron chi connectivity index (χ0n) is 10.3. The predicted octanol–water partition coefficient (Wildman–Crippen LogP) is 1.07. The van der Waals surface area contributed by atoms with Gasteiger partial charge in [0.15, 0.2) is 0 Å². The second-order valence-corrected chi connectivity index (χ2v) is 3.96. The highest BCUT2D eigenvalue weighted by molar-refractivity contribution is 5.70. The number of aromatic nitrogens is 2. The monoisotopic (exact) mass is 238 g/mol. The lowest BCUT2D eigenvalue weighted by Gasteiger charge is -2.14. The molecule has 0 bridgehead atoms. The first-order valence-corrected chi connectivity index (χ1v) is 5.51. The van der Waals surface area contributed by atoms with Gasteiger partial charge in [0.1, 0.15) is 5.82 Å². The van der Waals surface area contributed by atoms with Crippen LogP contribution >= 0.6 is 0 Å². The van der Waals surface area contributed by atoms with Gasteiger partial charge in [-0.25, -0.2) is 4.98 Å². The molecule has 94 valence electrons. The molecule has 0 aromatic carbocycles. The molecule has 2 N–H and O–H groups in total. The van der Waals surface area contributed by atoms with Crippen molar-refractivity contribution in [1.82, 2.24) is 9.97 Å². The Balaban J connectivity index is 2.62. The number of nitrogens with one attached hydrogen (secondary N) is 1. The fraction of sp³-hybridized carbons (Fsp3) is 0.545. The summed E-state index contributed by atoms with van der Waals surface area (Å²) in [5.74, 6) is 0.0523. The van der Waals surface area contributed by atoms with E-state index in [4.69, 9.17) is 5.11 Å². The molecule has 17 heavy (non-hydrogen) atoms. The molecule has 0 saturated heterocycles. The van der Waals surface area contributed by atoms with Crippen molar-refractivity contribution in [2.24, 2.45) is 5.92 Å². The molecular weight excluding hydrogens is 220 g/mol. The van der Waals surface area contributed by atoms with Crippen LogP contribution < -0.4 is 10.2 Å². The second-order valence-electron chi connectivity index (χ2n) is 3.96. The number of carboxylic acids is 1. The van der Waals surface area contributed by atoms with Gasteiger partial charge in [0.05, 0.1) is 5.92 Å². The van der Waals surface area contributed by atoms with Crippen LogP contribution in [0.25, 0.3) is 0 Å². The van der Waals surface area contributed by atoms with E-state index in [-0.39, 0.29) is 0 Å². The Bertz CT molecular complexity index is 381. The van der Waals surface area contributed by atoms with E-state index < -0.39 is 11.9 Å². The number of anilines is 2. The summed E-state index contributed by atoms with van der Waals surface area (Å²) in [6.07, 6.45) is 2.24. The first-order chi connectivity index (χ1) is 8.04. The largest absolute Gasteiger partial charge is 0.481 e. The molecule has 1 atom stereocenters. The normalized spacial score (nSPS) is 11.9. The van der Waals surface area contributed by atoms with Gasteiger partial charge >= 0.3 is 5.97 Å². The molecule has 0 amide bonds. The van der Waals surface area contributed by atoms with E-state index in [1.807, 2.05) is 21.0 Å². The summed E-state index contributed by atoms with van der Waals surface area (Å²) in [6.45, 7) is 2.22. The van der Waals surface area contributed by atoms with E-state index in [9.17, 15) is 4.79 Å². The maximum absolute atomic E-state index is 10.8. The van der Waals surface area contributed by atoms with Crippen LogP contribution in [-0.4, -0.2) is 41.7 Å². The summed E-state index contributed by atoms with van der Waals surface area (Å²) in [7, 11) is 3.70. The lowest BCUT2D eigenvalue weighted by atomic mass is 10.1. The molecule has 1 aromatic rings. The number of aliphatic carboxylic acids is 1. The molecule has 0 fully saturated rings. The van der Waals surface area contributed by atoms with Crippen molar-refractivity contribution in [3.05, 3.63) is 12.3 Å². The number of nitrogens with zero attached hydrogens (tertiary/aromatic N) is 3. The molecule has 0 saturated carbocycles. The molecule has 1 unspecified atom stereocenters. The van der Waals surface area contributed by atoms with Crippen LogP contribution in [0, 0.1) is 5.92 Å². The molecule has 0 radical (unpaired) electrons. The van der Waals surface area contributed by atoms with E-state index in [0.29, 0.717) is 24.7 Å². The second kappa shape index (κ2) is 6.03. The standard InChI is InChI=1S/C11H18N4O2/c1-4-8(10(16)17)7-13-9-5-6-12-11(14-9)15(2)3/h5-6,8H,4,7H2,1-3H3,(H,16,17)(H,12,13,14). The Hall–Kier alpha value is -1.85. The Morgan fingerprint density at radius 2 is 2.29 bits per heavy atom. The van der Waals surface area contributed by atoms with Crippen LogP contribution in [0.15, 0.2) is 12.3 Å². The number of carboxylic acid groups (broad SMARTS) is 1. The third-order valence-corrected chi connectivity index (χ3v) is 2.41. The quantitative estimate of drug-likeness (QED) is 0.771. The highest BCUT2D eigenvalue weighted by atomic mass is 16.4. The summed E-state index contributed by atoms with van der Waals surface area (Å²) >= 11 is 0. The molecule has 1 rings (SSSR count). The van der Waals surface area contributed by atoms with Gasteiger partial charge in [-0.1, -0.05) is 6.92 Å². The van der Waals surface area contributed by atoms with Crippen LogP contribution in [0.4, 0.5) is 11.8 Å². The van der Waals surface area contributed by atoms with Crippen molar-refractivity contribution < 1.29 is 9.90 Å². The summed E-state index contributed by atoms with van der Waals surface area (Å²) < 4.78 is 0. The maximum Gasteiger partial charge on any atom is 0.308 e. The van der Waals surface area contributed by atoms with Crippen molar-refractivity contribution in [2.45, 2.75) is 13.3 Å². The molecule has 1 aromatic heterocycles. The topological polar surface area (TPSA) is 78.4 Å². The lowest BCUT2D eigenvalue weighted by molar-refractivity contribution is -0.141.